The molecule has 4 heterocycles. The van der Waals surface area contributed by atoms with Crippen molar-refractivity contribution in [2.45, 2.75) is 0 Å². The van der Waals surface area contributed by atoms with E-state index in [0.29, 0.717) is 16.5 Å². The minimum absolute atomic E-state index is 0.207. The number of carbonyl (C=O) groups is 1. The van der Waals surface area contributed by atoms with Gasteiger partial charge in [-0.25, -0.2) is 15.0 Å². The van der Waals surface area contributed by atoms with Crippen molar-refractivity contribution < 1.29 is 4.79 Å². The average Bonchev–Trinajstić information content (AvgIpc) is 3.25. The molecule has 1 aliphatic heterocycles. The van der Waals surface area contributed by atoms with Gasteiger partial charge in [0, 0.05) is 55.7 Å². The minimum atomic E-state index is -0.207. The molecule has 0 unspecified atom stereocenters. The highest BCUT2D eigenvalue weighted by Crippen LogP contribution is 2.30. The molecular weight excluding hydrogens is 422 g/mol. The number of anilines is 3. The fourth-order valence-electron chi connectivity index (χ4n) is 3.74. The van der Waals surface area contributed by atoms with Crippen molar-refractivity contribution in [3.63, 3.8) is 0 Å². The highest BCUT2D eigenvalue weighted by Gasteiger charge is 2.17. The van der Waals surface area contributed by atoms with Crippen LogP contribution in [0.5, 0.6) is 0 Å². The number of hydrogen-bond donors (Lipinski definition) is 2. The Labute approximate surface area is 189 Å². The number of hydrogen-bond acceptors (Lipinski definition) is 8. The van der Waals surface area contributed by atoms with Crippen LogP contribution in [0.15, 0.2) is 55.0 Å². The third-order valence-corrected chi connectivity index (χ3v) is 6.48. The molecular formula is C23H23N7OS. The summed E-state index contributed by atoms with van der Waals surface area (Å²) in [7, 11) is 2.11. The van der Waals surface area contributed by atoms with Gasteiger partial charge in [-0.15, -0.1) is 0 Å². The number of benzene rings is 1. The normalized spacial score (nSPS) is 14.6. The monoisotopic (exact) mass is 445 g/mol. The Morgan fingerprint density at radius 3 is 2.62 bits per heavy atom. The summed E-state index contributed by atoms with van der Waals surface area (Å²) in [5.41, 5.74) is 7.36. The van der Waals surface area contributed by atoms with Gasteiger partial charge in [0.1, 0.15) is 11.6 Å². The summed E-state index contributed by atoms with van der Waals surface area (Å²) < 4.78 is 0. The molecule has 0 atom stereocenters. The van der Waals surface area contributed by atoms with E-state index in [1.807, 2.05) is 24.3 Å². The number of nitrogens with zero attached hydrogens (tertiary/aromatic N) is 5. The van der Waals surface area contributed by atoms with E-state index in [1.54, 1.807) is 24.7 Å². The molecule has 4 aromatic rings. The maximum Gasteiger partial charge on any atom is 0.257 e. The van der Waals surface area contributed by atoms with Crippen LogP contribution in [-0.4, -0.2) is 59.0 Å². The molecule has 3 N–H and O–H groups in total. The van der Waals surface area contributed by atoms with Crippen LogP contribution >= 0.6 is 11.3 Å². The molecule has 1 aliphatic rings. The second-order valence-corrected chi connectivity index (χ2v) is 8.90. The lowest BCUT2D eigenvalue weighted by atomic mass is 10.1. The van der Waals surface area contributed by atoms with E-state index in [-0.39, 0.29) is 5.91 Å². The molecule has 8 nitrogen and oxygen atoms in total. The van der Waals surface area contributed by atoms with Crippen LogP contribution in [0.1, 0.15) is 10.4 Å². The van der Waals surface area contributed by atoms with Crippen molar-refractivity contribution in [3.05, 3.63) is 60.6 Å². The first kappa shape index (κ1) is 20.3. The number of pyridine rings is 2. The second-order valence-electron chi connectivity index (χ2n) is 7.84. The zero-order valence-electron chi connectivity index (χ0n) is 17.7. The zero-order chi connectivity index (χ0) is 22.1. The van der Waals surface area contributed by atoms with Gasteiger partial charge in [-0.05, 0) is 42.3 Å². The Hall–Kier alpha value is -3.56. The maximum atomic E-state index is 12.9. The number of piperazine rings is 1. The summed E-state index contributed by atoms with van der Waals surface area (Å²) in [6.45, 7) is 3.76. The molecule has 0 saturated carbocycles. The Balaban J connectivity index is 1.36. The Kier molecular flexibility index (Phi) is 5.42. The van der Waals surface area contributed by atoms with Gasteiger partial charge in [-0.2, -0.15) is 0 Å². The fraction of sp³-hybridized carbons (Fsp3) is 0.217. The number of rotatable bonds is 4. The van der Waals surface area contributed by atoms with Crippen LogP contribution in [0.4, 0.5) is 16.8 Å². The zero-order valence-corrected chi connectivity index (χ0v) is 18.5. The van der Waals surface area contributed by atoms with Crippen LogP contribution in [0, 0.1) is 0 Å². The van der Waals surface area contributed by atoms with Gasteiger partial charge in [-0.1, -0.05) is 23.5 Å². The van der Waals surface area contributed by atoms with Gasteiger partial charge in [0.05, 0.1) is 4.88 Å². The third kappa shape index (κ3) is 4.25. The van der Waals surface area contributed by atoms with Crippen molar-refractivity contribution in [2.24, 2.45) is 0 Å². The van der Waals surface area contributed by atoms with Gasteiger partial charge >= 0.3 is 0 Å². The molecule has 0 radical (unpaired) electrons. The molecule has 1 saturated heterocycles. The maximum absolute atomic E-state index is 12.9. The highest BCUT2D eigenvalue weighted by molar-refractivity contribution is 7.18. The Morgan fingerprint density at radius 1 is 1.00 bits per heavy atom. The number of nitrogens with two attached hydrogens (primary N) is 1. The van der Waals surface area contributed by atoms with Crippen molar-refractivity contribution in [3.8, 4) is 10.4 Å². The van der Waals surface area contributed by atoms with Gasteiger partial charge in [0.2, 0.25) is 0 Å². The largest absolute Gasteiger partial charge is 0.375 e. The molecule has 162 valence electrons. The molecule has 3 aromatic heterocycles. The van der Waals surface area contributed by atoms with Crippen LogP contribution in [-0.2, 0) is 0 Å². The number of amides is 1. The van der Waals surface area contributed by atoms with Crippen LogP contribution < -0.4 is 16.0 Å². The molecule has 1 fully saturated rings. The predicted molar refractivity (Wildman–Crippen MR) is 129 cm³/mol. The summed E-state index contributed by atoms with van der Waals surface area (Å²) in [6.07, 6.45) is 5.22. The van der Waals surface area contributed by atoms with Crippen LogP contribution in [0.3, 0.4) is 0 Å². The number of nitrogens with one attached hydrogen (secondary N) is 1. The van der Waals surface area contributed by atoms with Crippen molar-refractivity contribution >= 4 is 44.8 Å². The van der Waals surface area contributed by atoms with Gasteiger partial charge in [0.25, 0.3) is 5.91 Å². The Bertz CT molecular complexity index is 1280. The number of thiazole rings is 1. The van der Waals surface area contributed by atoms with E-state index in [9.17, 15) is 4.79 Å². The molecule has 0 spiro atoms. The number of aromatic nitrogens is 3. The third-order valence-electron chi connectivity index (χ3n) is 5.61. The molecule has 32 heavy (non-hydrogen) atoms. The van der Waals surface area contributed by atoms with E-state index in [1.165, 1.54) is 11.3 Å². The lowest BCUT2D eigenvalue weighted by Crippen LogP contribution is -2.44. The number of fused-ring (bicyclic) bond motifs is 1. The van der Waals surface area contributed by atoms with E-state index in [4.69, 9.17) is 5.73 Å². The standard InChI is InChI=1S/C23H23N7OS/c1-29-6-8-30(9-7-29)21-12-16(4-5-25-21)22(31)28-20-11-18-10-15(2-3-17(18)13-26-20)19-14-27-23(24)32-19/h2-5,10-14H,6-9H2,1H3,(H2,24,27)(H,26,28,31). The molecule has 9 heteroatoms. The van der Waals surface area contributed by atoms with E-state index in [0.717, 1.165) is 53.2 Å². The Morgan fingerprint density at radius 2 is 1.84 bits per heavy atom. The number of nitrogen functional groups attached to an aromatic ring is 1. The summed E-state index contributed by atoms with van der Waals surface area (Å²) in [5, 5.41) is 5.43. The van der Waals surface area contributed by atoms with Crippen molar-refractivity contribution in [2.75, 3.05) is 49.2 Å². The van der Waals surface area contributed by atoms with E-state index >= 15 is 0 Å². The summed E-state index contributed by atoms with van der Waals surface area (Å²) in [6, 6.07) is 11.5. The first-order valence-electron chi connectivity index (χ1n) is 10.4. The lowest BCUT2D eigenvalue weighted by Gasteiger charge is -2.33. The smallest absolute Gasteiger partial charge is 0.257 e. The van der Waals surface area contributed by atoms with Crippen LogP contribution in [0.25, 0.3) is 21.2 Å². The van der Waals surface area contributed by atoms with Gasteiger partial charge in [0.15, 0.2) is 5.13 Å². The topological polar surface area (TPSA) is 100 Å². The molecule has 1 amide bonds. The fourth-order valence-corrected chi connectivity index (χ4v) is 4.42. The lowest BCUT2D eigenvalue weighted by molar-refractivity contribution is 0.102. The van der Waals surface area contributed by atoms with Gasteiger partial charge in [-0.3, -0.25) is 4.79 Å². The quantitative estimate of drug-likeness (QED) is 0.497. The van der Waals surface area contributed by atoms with Crippen LogP contribution in [0.2, 0.25) is 0 Å². The van der Waals surface area contributed by atoms with Crippen molar-refractivity contribution in [1.82, 2.24) is 19.9 Å². The van der Waals surface area contributed by atoms with E-state index < -0.39 is 0 Å². The average molecular weight is 446 g/mol. The first-order valence-corrected chi connectivity index (χ1v) is 11.2. The molecule has 1 aromatic carbocycles. The van der Waals surface area contributed by atoms with E-state index in [2.05, 4.69) is 43.2 Å². The highest BCUT2D eigenvalue weighted by atomic mass is 32.1. The second kappa shape index (κ2) is 8.52. The number of carbonyl (C=O) groups excluding carboxylic acids is 1. The first-order chi connectivity index (χ1) is 15.5. The summed E-state index contributed by atoms with van der Waals surface area (Å²) in [4.78, 5) is 31.4. The summed E-state index contributed by atoms with van der Waals surface area (Å²) >= 11 is 1.44. The predicted octanol–water partition coefficient (Wildman–Crippen LogP) is 3.34. The molecule has 5 rings (SSSR count). The molecule has 0 aliphatic carbocycles. The summed E-state index contributed by atoms with van der Waals surface area (Å²) in [5.74, 6) is 1.12. The number of likely N-dealkylation sites (N-methyl/N-ethyl adjacent to an activating group) is 1. The van der Waals surface area contributed by atoms with Gasteiger partial charge < -0.3 is 20.9 Å². The minimum Gasteiger partial charge on any atom is -0.375 e. The van der Waals surface area contributed by atoms with Crippen molar-refractivity contribution in [1.29, 1.82) is 0 Å². The molecule has 0 bridgehead atoms. The SMILES string of the molecule is CN1CCN(c2cc(C(=O)Nc3cc4cc(-c5cnc(N)s5)ccc4cn3)ccn2)CC1.